The molecule has 2 heterocycles. The van der Waals surface area contributed by atoms with Gasteiger partial charge in [-0.05, 0) is 19.1 Å². The molecule has 3 rings (SSSR count). The van der Waals surface area contributed by atoms with Crippen molar-refractivity contribution >= 4 is 16.8 Å². The summed E-state index contributed by atoms with van der Waals surface area (Å²) in [5.74, 6) is 0.624. The van der Waals surface area contributed by atoms with Gasteiger partial charge < -0.3 is 14.4 Å². The molecule has 1 amide bonds. The minimum atomic E-state index is 0.0168. The second-order valence-electron chi connectivity index (χ2n) is 5.02. The second-order valence-corrected chi connectivity index (χ2v) is 5.02. The van der Waals surface area contributed by atoms with E-state index in [0.29, 0.717) is 25.6 Å². The highest BCUT2D eigenvalue weighted by atomic mass is 16.5. The summed E-state index contributed by atoms with van der Waals surface area (Å²) in [6, 6.07) is 11.8. The van der Waals surface area contributed by atoms with E-state index in [1.807, 2.05) is 43.3 Å². The van der Waals surface area contributed by atoms with Crippen molar-refractivity contribution in [2.24, 2.45) is 0 Å². The summed E-state index contributed by atoms with van der Waals surface area (Å²) in [6.07, 6.45) is 0.0178. The van der Waals surface area contributed by atoms with Gasteiger partial charge in [-0.25, -0.2) is 4.98 Å². The van der Waals surface area contributed by atoms with E-state index in [2.05, 4.69) is 4.98 Å². The number of fused-ring (bicyclic) bond motifs is 1. The molecule has 0 radical (unpaired) electrons. The summed E-state index contributed by atoms with van der Waals surface area (Å²) < 4.78 is 10.9. The monoisotopic (exact) mass is 286 g/mol. The van der Waals surface area contributed by atoms with Crippen LogP contribution in [-0.2, 0) is 9.53 Å². The van der Waals surface area contributed by atoms with Gasteiger partial charge in [-0.15, -0.1) is 0 Å². The zero-order valence-corrected chi connectivity index (χ0v) is 12.0. The lowest BCUT2D eigenvalue weighted by Crippen LogP contribution is -2.57. The maximum atomic E-state index is 11.7. The molecule has 0 atom stereocenters. The first kappa shape index (κ1) is 13.8. The molecule has 5 heteroatoms. The fourth-order valence-corrected chi connectivity index (χ4v) is 2.28. The molecular formula is C16H18N2O3. The minimum absolute atomic E-state index is 0.0168. The number of para-hydroxylation sites is 1. The van der Waals surface area contributed by atoms with Crippen molar-refractivity contribution in [1.82, 2.24) is 9.88 Å². The van der Waals surface area contributed by atoms with Gasteiger partial charge in [0.1, 0.15) is 12.7 Å². The number of nitrogens with zero attached hydrogens (tertiary/aromatic N) is 2. The third kappa shape index (κ3) is 3.13. The maximum absolute atomic E-state index is 11.7. The number of aromatic nitrogens is 1. The van der Waals surface area contributed by atoms with Gasteiger partial charge in [0.2, 0.25) is 11.8 Å². The molecule has 21 heavy (non-hydrogen) atoms. The van der Waals surface area contributed by atoms with Crippen LogP contribution >= 0.6 is 0 Å². The van der Waals surface area contributed by atoms with Gasteiger partial charge in [0, 0.05) is 18.1 Å². The Kier molecular flexibility index (Phi) is 4.01. The van der Waals surface area contributed by atoms with E-state index < -0.39 is 0 Å². The topological polar surface area (TPSA) is 51.7 Å². The van der Waals surface area contributed by atoms with Crippen molar-refractivity contribution < 1.29 is 14.3 Å². The normalized spacial score (nSPS) is 15.0. The van der Waals surface area contributed by atoms with Crippen LogP contribution < -0.4 is 4.74 Å². The van der Waals surface area contributed by atoms with Crippen LogP contribution in [-0.4, -0.2) is 48.2 Å². The van der Waals surface area contributed by atoms with Crippen LogP contribution in [0.15, 0.2) is 36.4 Å². The molecule has 0 bridgehead atoms. The van der Waals surface area contributed by atoms with Gasteiger partial charge in [0.05, 0.1) is 18.6 Å². The summed E-state index contributed by atoms with van der Waals surface area (Å²) in [5.41, 5.74) is 0.915. The summed E-state index contributed by atoms with van der Waals surface area (Å²) in [6.45, 7) is 3.78. The number of ether oxygens (including phenoxy) is 2. The van der Waals surface area contributed by atoms with Crippen LogP contribution in [0.4, 0.5) is 0 Å². The standard InChI is InChI=1S/C16H18N2O3/c1-2-20-11-16(19)18-9-13(10-18)21-15-8-7-12-5-3-4-6-14(12)17-15/h3-8,13H,2,9-11H2,1H3. The van der Waals surface area contributed by atoms with Crippen molar-refractivity contribution in [2.45, 2.75) is 13.0 Å². The zero-order valence-electron chi connectivity index (χ0n) is 12.0. The van der Waals surface area contributed by atoms with Gasteiger partial charge >= 0.3 is 0 Å². The minimum Gasteiger partial charge on any atom is -0.471 e. The molecule has 110 valence electrons. The average Bonchev–Trinajstić information content (AvgIpc) is 2.48. The highest BCUT2D eigenvalue weighted by Crippen LogP contribution is 2.20. The van der Waals surface area contributed by atoms with Crippen molar-refractivity contribution in [3.8, 4) is 5.88 Å². The molecule has 1 aliphatic heterocycles. The lowest BCUT2D eigenvalue weighted by atomic mass is 10.1. The third-order valence-electron chi connectivity index (χ3n) is 3.49. The van der Waals surface area contributed by atoms with Crippen LogP contribution in [0.3, 0.4) is 0 Å². The Morgan fingerprint density at radius 2 is 2.10 bits per heavy atom. The summed E-state index contributed by atoms with van der Waals surface area (Å²) >= 11 is 0. The third-order valence-corrected chi connectivity index (χ3v) is 3.49. The zero-order chi connectivity index (χ0) is 14.7. The molecule has 0 spiro atoms. The van der Waals surface area contributed by atoms with E-state index in [1.165, 1.54) is 0 Å². The fourth-order valence-electron chi connectivity index (χ4n) is 2.28. The first-order valence-electron chi connectivity index (χ1n) is 7.14. The number of rotatable bonds is 5. The SMILES string of the molecule is CCOCC(=O)N1CC(Oc2ccc3ccccc3n2)C1. The number of hydrogen-bond acceptors (Lipinski definition) is 4. The van der Waals surface area contributed by atoms with Crippen molar-refractivity contribution in [3.63, 3.8) is 0 Å². The molecule has 1 saturated heterocycles. The quantitative estimate of drug-likeness (QED) is 0.842. The van der Waals surface area contributed by atoms with E-state index in [1.54, 1.807) is 4.90 Å². The van der Waals surface area contributed by atoms with Crippen molar-refractivity contribution in [3.05, 3.63) is 36.4 Å². The Morgan fingerprint density at radius 1 is 1.29 bits per heavy atom. The maximum Gasteiger partial charge on any atom is 0.248 e. The van der Waals surface area contributed by atoms with Gasteiger partial charge in [0.25, 0.3) is 0 Å². The van der Waals surface area contributed by atoms with Gasteiger partial charge in [-0.3, -0.25) is 4.79 Å². The number of amides is 1. The molecule has 1 fully saturated rings. The van der Waals surface area contributed by atoms with E-state index in [9.17, 15) is 4.79 Å². The number of benzene rings is 1. The lowest BCUT2D eigenvalue weighted by Gasteiger charge is -2.38. The number of pyridine rings is 1. The molecule has 1 aliphatic rings. The molecule has 2 aromatic rings. The lowest BCUT2D eigenvalue weighted by molar-refractivity contribution is -0.144. The predicted octanol–water partition coefficient (Wildman–Crippen LogP) is 1.86. The molecule has 1 aromatic heterocycles. The van der Waals surface area contributed by atoms with E-state index in [4.69, 9.17) is 9.47 Å². The number of carbonyl (C=O) groups excluding carboxylic acids is 1. The molecule has 0 saturated carbocycles. The molecular weight excluding hydrogens is 268 g/mol. The Labute approximate surface area is 123 Å². The first-order chi connectivity index (χ1) is 10.3. The highest BCUT2D eigenvalue weighted by molar-refractivity contribution is 5.79. The van der Waals surface area contributed by atoms with E-state index in [-0.39, 0.29) is 18.6 Å². The molecule has 0 unspecified atom stereocenters. The molecule has 0 aliphatic carbocycles. The average molecular weight is 286 g/mol. The van der Waals surface area contributed by atoms with Crippen LogP contribution in [0.2, 0.25) is 0 Å². The second kappa shape index (κ2) is 6.10. The van der Waals surface area contributed by atoms with Crippen LogP contribution in [0.1, 0.15) is 6.92 Å². The first-order valence-corrected chi connectivity index (χ1v) is 7.14. The highest BCUT2D eigenvalue weighted by Gasteiger charge is 2.32. The van der Waals surface area contributed by atoms with Crippen LogP contribution in [0.5, 0.6) is 5.88 Å². The van der Waals surface area contributed by atoms with E-state index >= 15 is 0 Å². The van der Waals surface area contributed by atoms with Crippen LogP contribution in [0.25, 0.3) is 10.9 Å². The summed E-state index contributed by atoms with van der Waals surface area (Å²) in [5, 5.41) is 1.09. The number of carbonyl (C=O) groups is 1. The molecule has 1 aromatic carbocycles. The predicted molar refractivity (Wildman–Crippen MR) is 79.2 cm³/mol. The summed E-state index contributed by atoms with van der Waals surface area (Å²) in [4.78, 5) is 17.9. The fraction of sp³-hybridized carbons (Fsp3) is 0.375. The molecule has 0 N–H and O–H groups in total. The van der Waals surface area contributed by atoms with Gasteiger partial charge in [-0.2, -0.15) is 0 Å². The Balaban J connectivity index is 1.54. The Bertz CT molecular complexity index is 638. The Hall–Kier alpha value is -2.14. The van der Waals surface area contributed by atoms with Gasteiger partial charge in [0.15, 0.2) is 0 Å². The van der Waals surface area contributed by atoms with Crippen molar-refractivity contribution in [2.75, 3.05) is 26.3 Å². The van der Waals surface area contributed by atoms with E-state index in [0.717, 1.165) is 10.9 Å². The smallest absolute Gasteiger partial charge is 0.248 e. The largest absolute Gasteiger partial charge is 0.471 e. The number of likely N-dealkylation sites (tertiary alicyclic amines) is 1. The number of hydrogen-bond donors (Lipinski definition) is 0. The summed E-state index contributed by atoms with van der Waals surface area (Å²) in [7, 11) is 0. The molecule has 5 nitrogen and oxygen atoms in total. The van der Waals surface area contributed by atoms with Gasteiger partial charge in [-0.1, -0.05) is 18.2 Å². The van der Waals surface area contributed by atoms with Crippen molar-refractivity contribution in [1.29, 1.82) is 0 Å². The Morgan fingerprint density at radius 3 is 2.90 bits per heavy atom. The van der Waals surface area contributed by atoms with Crippen LogP contribution in [0, 0.1) is 0 Å².